The third kappa shape index (κ3) is 4.46. The lowest BCUT2D eigenvalue weighted by Crippen LogP contribution is -2.50. The Morgan fingerprint density at radius 2 is 1.73 bits per heavy atom. The van der Waals surface area contributed by atoms with Crippen molar-refractivity contribution in [1.29, 1.82) is 0 Å². The fraction of sp³-hybridized carbons (Fsp3) is 0.500. The van der Waals surface area contributed by atoms with Gasteiger partial charge in [-0.2, -0.15) is 0 Å². The van der Waals surface area contributed by atoms with Crippen LogP contribution in [0, 0.1) is 3.57 Å². The average Bonchev–Trinajstić information content (AvgIpc) is 2.61. The van der Waals surface area contributed by atoms with E-state index in [1.165, 1.54) is 26.2 Å². The molecule has 1 saturated heterocycles. The van der Waals surface area contributed by atoms with Crippen molar-refractivity contribution in [1.82, 2.24) is 14.1 Å². The summed E-state index contributed by atoms with van der Waals surface area (Å²) in [6, 6.07) is 4.53. The van der Waals surface area contributed by atoms with Gasteiger partial charge in [0.2, 0.25) is 10.0 Å². The topological polar surface area (TPSA) is 87.2 Å². The van der Waals surface area contributed by atoms with E-state index in [0.29, 0.717) is 41.9 Å². The zero-order chi connectivity index (χ0) is 19.5. The highest BCUT2D eigenvalue weighted by atomic mass is 127. The Hall–Kier alpha value is -1.40. The first kappa shape index (κ1) is 20.9. The summed E-state index contributed by atoms with van der Waals surface area (Å²) in [7, 11) is -0.721. The summed E-state index contributed by atoms with van der Waals surface area (Å²) in [6.45, 7) is 3.57. The molecule has 0 spiro atoms. The largest absolute Gasteiger partial charge is 0.450 e. The molecule has 0 N–H and O–H groups in total. The molecule has 10 heteroatoms. The number of piperazine rings is 1. The molecule has 8 nitrogen and oxygen atoms in total. The smallest absolute Gasteiger partial charge is 0.409 e. The Labute approximate surface area is 167 Å². The molecule has 1 fully saturated rings. The standard InChI is InChI=1S/C16H22IN3O5S/c1-4-25-16(22)20-9-7-19(8-10-20)15(21)13-11-12(5-6-14(13)17)26(23,24)18(2)3/h5-6,11H,4,7-10H2,1-3H3. The molecular weight excluding hydrogens is 473 g/mol. The van der Waals surface area contributed by atoms with Crippen LogP contribution < -0.4 is 0 Å². The molecule has 1 aromatic carbocycles. The number of hydrogen-bond donors (Lipinski definition) is 0. The number of sulfonamides is 1. The van der Waals surface area contributed by atoms with Crippen LogP contribution >= 0.6 is 22.6 Å². The van der Waals surface area contributed by atoms with Crippen molar-refractivity contribution >= 4 is 44.6 Å². The lowest BCUT2D eigenvalue weighted by Gasteiger charge is -2.34. The van der Waals surface area contributed by atoms with Gasteiger partial charge in [0.05, 0.1) is 17.1 Å². The number of hydrogen-bond acceptors (Lipinski definition) is 5. The second-order valence-corrected chi connectivity index (χ2v) is 9.22. The number of halogens is 1. The van der Waals surface area contributed by atoms with E-state index in [4.69, 9.17) is 4.74 Å². The Bertz CT molecular complexity index is 789. The molecule has 0 unspecified atom stereocenters. The highest BCUT2D eigenvalue weighted by Gasteiger charge is 2.28. The second-order valence-electron chi connectivity index (χ2n) is 5.91. The minimum absolute atomic E-state index is 0.0800. The van der Waals surface area contributed by atoms with E-state index in [9.17, 15) is 18.0 Å². The molecule has 1 aromatic rings. The molecule has 1 aliphatic rings. The van der Waals surface area contributed by atoms with E-state index in [1.807, 2.05) is 22.6 Å². The molecule has 1 aliphatic heterocycles. The quantitative estimate of drug-likeness (QED) is 0.591. The molecule has 1 heterocycles. The Morgan fingerprint density at radius 1 is 1.15 bits per heavy atom. The summed E-state index contributed by atoms with van der Waals surface area (Å²) in [5.74, 6) is -0.242. The van der Waals surface area contributed by atoms with E-state index < -0.39 is 10.0 Å². The van der Waals surface area contributed by atoms with Gasteiger partial charge in [-0.05, 0) is 47.7 Å². The van der Waals surface area contributed by atoms with Crippen molar-refractivity contribution < 1.29 is 22.7 Å². The number of benzene rings is 1. The lowest BCUT2D eigenvalue weighted by molar-refractivity contribution is 0.0569. The SMILES string of the molecule is CCOC(=O)N1CCN(C(=O)c2cc(S(=O)(=O)N(C)C)ccc2I)CC1. The van der Waals surface area contributed by atoms with Crippen LogP contribution in [0.3, 0.4) is 0 Å². The number of ether oxygens (including phenoxy) is 1. The van der Waals surface area contributed by atoms with Crippen LogP contribution in [0.2, 0.25) is 0 Å². The van der Waals surface area contributed by atoms with Crippen LogP contribution in [-0.2, 0) is 14.8 Å². The molecule has 0 radical (unpaired) electrons. The van der Waals surface area contributed by atoms with E-state index in [1.54, 1.807) is 22.8 Å². The summed E-state index contributed by atoms with van der Waals surface area (Å²) in [5.41, 5.74) is 0.345. The fourth-order valence-electron chi connectivity index (χ4n) is 2.52. The number of amides is 2. The normalized spacial score (nSPS) is 15.3. The number of rotatable bonds is 4. The molecule has 0 bridgehead atoms. The summed E-state index contributed by atoms with van der Waals surface area (Å²) in [4.78, 5) is 27.9. The molecule has 0 aliphatic carbocycles. The fourth-order valence-corrected chi connectivity index (χ4v) is 4.01. The first-order valence-corrected chi connectivity index (χ1v) is 10.6. The number of nitrogens with zero attached hydrogens (tertiary/aromatic N) is 3. The molecule has 144 valence electrons. The first-order valence-electron chi connectivity index (χ1n) is 8.11. The average molecular weight is 495 g/mol. The van der Waals surface area contributed by atoms with Crippen LogP contribution in [0.25, 0.3) is 0 Å². The first-order chi connectivity index (χ1) is 12.2. The van der Waals surface area contributed by atoms with Gasteiger partial charge in [0.1, 0.15) is 0 Å². The lowest BCUT2D eigenvalue weighted by atomic mass is 10.2. The van der Waals surface area contributed by atoms with Gasteiger partial charge < -0.3 is 14.5 Å². The van der Waals surface area contributed by atoms with Gasteiger partial charge in [-0.3, -0.25) is 4.79 Å². The summed E-state index contributed by atoms with van der Waals surface area (Å²) < 4.78 is 31.4. The highest BCUT2D eigenvalue weighted by molar-refractivity contribution is 14.1. The summed E-state index contributed by atoms with van der Waals surface area (Å²) in [5, 5.41) is 0. The van der Waals surface area contributed by atoms with Crippen LogP contribution in [0.4, 0.5) is 4.79 Å². The molecule has 2 rings (SSSR count). The zero-order valence-corrected chi connectivity index (χ0v) is 17.9. The van der Waals surface area contributed by atoms with E-state index >= 15 is 0 Å². The maximum absolute atomic E-state index is 12.8. The predicted molar refractivity (Wildman–Crippen MR) is 105 cm³/mol. The van der Waals surface area contributed by atoms with Gasteiger partial charge >= 0.3 is 6.09 Å². The molecule has 0 aromatic heterocycles. The van der Waals surface area contributed by atoms with Gasteiger partial charge in [-0.15, -0.1) is 0 Å². The maximum Gasteiger partial charge on any atom is 0.409 e. The minimum atomic E-state index is -3.62. The van der Waals surface area contributed by atoms with E-state index in [0.717, 1.165) is 4.31 Å². The van der Waals surface area contributed by atoms with Crippen LogP contribution in [0.15, 0.2) is 23.1 Å². The van der Waals surface area contributed by atoms with Gasteiger partial charge in [-0.25, -0.2) is 17.5 Å². The van der Waals surface area contributed by atoms with Crippen molar-refractivity contribution in [3.63, 3.8) is 0 Å². The van der Waals surface area contributed by atoms with Crippen molar-refractivity contribution in [3.05, 3.63) is 27.3 Å². The van der Waals surface area contributed by atoms with Crippen LogP contribution in [-0.4, -0.2) is 81.4 Å². The minimum Gasteiger partial charge on any atom is -0.450 e. The third-order valence-corrected chi connectivity index (χ3v) is 6.79. The predicted octanol–water partition coefficient (Wildman–Crippen LogP) is 1.46. The van der Waals surface area contributed by atoms with Crippen LogP contribution in [0.1, 0.15) is 17.3 Å². The molecule has 0 saturated carbocycles. The third-order valence-electron chi connectivity index (χ3n) is 4.04. The summed E-state index contributed by atoms with van der Waals surface area (Å²) in [6.07, 6.45) is -0.381. The van der Waals surface area contributed by atoms with Crippen molar-refractivity contribution in [3.8, 4) is 0 Å². The van der Waals surface area contributed by atoms with Gasteiger partial charge in [-0.1, -0.05) is 0 Å². The number of carbonyl (C=O) groups excluding carboxylic acids is 2. The molecule has 0 atom stereocenters. The Balaban J connectivity index is 2.17. The number of carbonyl (C=O) groups is 2. The molecule has 2 amide bonds. The van der Waals surface area contributed by atoms with Gasteiger partial charge in [0.15, 0.2) is 0 Å². The van der Waals surface area contributed by atoms with Crippen molar-refractivity contribution in [2.45, 2.75) is 11.8 Å². The summed E-state index contributed by atoms with van der Waals surface area (Å²) >= 11 is 2.02. The Kier molecular flexibility index (Phi) is 6.86. The van der Waals surface area contributed by atoms with Gasteiger partial charge in [0, 0.05) is 43.8 Å². The second kappa shape index (κ2) is 8.53. The zero-order valence-electron chi connectivity index (χ0n) is 14.9. The van der Waals surface area contributed by atoms with E-state index in [-0.39, 0.29) is 16.9 Å². The highest BCUT2D eigenvalue weighted by Crippen LogP contribution is 2.22. The maximum atomic E-state index is 12.8. The Morgan fingerprint density at radius 3 is 2.27 bits per heavy atom. The van der Waals surface area contributed by atoms with Crippen LogP contribution in [0.5, 0.6) is 0 Å². The van der Waals surface area contributed by atoms with Crippen molar-refractivity contribution in [2.24, 2.45) is 0 Å². The van der Waals surface area contributed by atoms with Gasteiger partial charge in [0.25, 0.3) is 5.91 Å². The van der Waals surface area contributed by atoms with E-state index in [2.05, 4.69) is 0 Å². The monoisotopic (exact) mass is 495 g/mol. The van der Waals surface area contributed by atoms with Crippen molar-refractivity contribution in [2.75, 3.05) is 46.9 Å². The molecule has 26 heavy (non-hydrogen) atoms. The molecular formula is C16H22IN3O5S.